The molecule has 0 radical (unpaired) electrons. The third-order valence-corrected chi connectivity index (χ3v) is 2.41. The van der Waals surface area contributed by atoms with Crippen LogP contribution in [0.2, 0.25) is 0 Å². The second-order valence-corrected chi connectivity index (χ2v) is 5.07. The molecule has 0 spiro atoms. The summed E-state index contributed by atoms with van der Waals surface area (Å²) in [5, 5.41) is 18.2. The van der Waals surface area contributed by atoms with Crippen molar-refractivity contribution in [2.45, 2.75) is 38.9 Å². The van der Waals surface area contributed by atoms with E-state index in [1.165, 1.54) is 4.90 Å². The van der Waals surface area contributed by atoms with Gasteiger partial charge in [-0.15, -0.1) is 0 Å². The Kier molecular flexibility index (Phi) is 3.76. The molecule has 0 aromatic rings. The van der Waals surface area contributed by atoms with Gasteiger partial charge in [0.1, 0.15) is 5.60 Å². The van der Waals surface area contributed by atoms with Crippen molar-refractivity contribution < 1.29 is 14.6 Å². The lowest BCUT2D eigenvalue weighted by Gasteiger charge is -2.24. The molecule has 0 aromatic carbocycles. The monoisotopic (exact) mass is 226 g/mol. The summed E-state index contributed by atoms with van der Waals surface area (Å²) in [6, 6.07) is 2.01. The maximum Gasteiger partial charge on any atom is 0.410 e. The minimum absolute atomic E-state index is 0.155. The average Bonchev–Trinajstić information content (AvgIpc) is 2.46. The molecule has 16 heavy (non-hydrogen) atoms. The van der Waals surface area contributed by atoms with Crippen LogP contribution in [0.15, 0.2) is 0 Å². The molecule has 1 fully saturated rings. The number of carbonyl (C=O) groups is 1. The van der Waals surface area contributed by atoms with E-state index in [2.05, 4.69) is 0 Å². The van der Waals surface area contributed by atoms with E-state index in [-0.39, 0.29) is 18.9 Å². The molecule has 5 nitrogen and oxygen atoms in total. The maximum atomic E-state index is 11.7. The highest BCUT2D eigenvalue weighted by Gasteiger charge is 2.35. The first-order valence-electron chi connectivity index (χ1n) is 5.36. The molecule has 5 heteroatoms. The summed E-state index contributed by atoms with van der Waals surface area (Å²) in [6.07, 6.45) is -0.778. The summed E-state index contributed by atoms with van der Waals surface area (Å²) in [4.78, 5) is 13.1. The highest BCUT2D eigenvalue weighted by atomic mass is 16.6. The second-order valence-electron chi connectivity index (χ2n) is 5.07. The van der Waals surface area contributed by atoms with Gasteiger partial charge in [0, 0.05) is 18.9 Å². The molecule has 1 amide bonds. The van der Waals surface area contributed by atoms with Crippen molar-refractivity contribution in [1.29, 1.82) is 5.26 Å². The smallest absolute Gasteiger partial charge is 0.410 e. The van der Waals surface area contributed by atoms with Gasteiger partial charge in [0.05, 0.1) is 18.7 Å². The third kappa shape index (κ3) is 3.38. The van der Waals surface area contributed by atoms with Crippen LogP contribution in [-0.4, -0.2) is 40.9 Å². The van der Waals surface area contributed by atoms with Gasteiger partial charge in [-0.05, 0) is 20.8 Å². The average molecular weight is 226 g/mol. The van der Waals surface area contributed by atoms with E-state index >= 15 is 0 Å². The summed E-state index contributed by atoms with van der Waals surface area (Å²) in [7, 11) is 0. The number of amides is 1. The van der Waals surface area contributed by atoms with Gasteiger partial charge in [-0.1, -0.05) is 0 Å². The molecule has 0 saturated carbocycles. The Bertz CT molecular complexity index is 303. The molecule has 0 aromatic heterocycles. The van der Waals surface area contributed by atoms with Crippen LogP contribution in [0.5, 0.6) is 0 Å². The number of nitriles is 1. The van der Waals surface area contributed by atoms with E-state index in [0.717, 1.165) is 0 Å². The van der Waals surface area contributed by atoms with Crippen LogP contribution < -0.4 is 0 Å². The lowest BCUT2D eigenvalue weighted by Crippen LogP contribution is -2.35. The van der Waals surface area contributed by atoms with Crippen LogP contribution in [0.25, 0.3) is 0 Å². The van der Waals surface area contributed by atoms with Gasteiger partial charge in [0.25, 0.3) is 0 Å². The Morgan fingerprint density at radius 2 is 2.19 bits per heavy atom. The van der Waals surface area contributed by atoms with Crippen molar-refractivity contribution in [3.63, 3.8) is 0 Å². The standard InChI is InChI=1S/C11H18N2O3/c1-11(2,3)16-10(15)13-6-8(4-5-12)9(14)7-13/h8-9,14H,4,6-7H2,1-3H3/t8-,9-/m1/s1. The van der Waals surface area contributed by atoms with Crippen molar-refractivity contribution in [2.24, 2.45) is 5.92 Å². The number of β-amino-alcohol motifs (C(OH)–C–C–N with tert-alkyl or cyclic N) is 1. The zero-order valence-corrected chi connectivity index (χ0v) is 9.93. The molecule has 1 heterocycles. The topological polar surface area (TPSA) is 73.6 Å². The molecule has 2 atom stereocenters. The maximum absolute atomic E-state index is 11.7. The Morgan fingerprint density at radius 3 is 2.69 bits per heavy atom. The number of carbonyl (C=O) groups excluding carboxylic acids is 1. The summed E-state index contributed by atoms with van der Waals surface area (Å²) in [5.74, 6) is -0.155. The molecule has 1 rings (SSSR count). The van der Waals surface area contributed by atoms with Crippen molar-refractivity contribution in [3.8, 4) is 6.07 Å². The fourth-order valence-electron chi connectivity index (χ4n) is 1.65. The van der Waals surface area contributed by atoms with E-state index in [1.807, 2.05) is 6.07 Å². The summed E-state index contributed by atoms with van der Waals surface area (Å²) in [5.41, 5.74) is -0.532. The zero-order chi connectivity index (χ0) is 12.3. The van der Waals surface area contributed by atoms with Crippen molar-refractivity contribution >= 4 is 6.09 Å². The number of likely N-dealkylation sites (tertiary alicyclic amines) is 1. The minimum Gasteiger partial charge on any atom is -0.444 e. The molecule has 1 N–H and O–H groups in total. The van der Waals surface area contributed by atoms with E-state index in [1.54, 1.807) is 20.8 Å². The van der Waals surface area contributed by atoms with E-state index < -0.39 is 17.8 Å². The second kappa shape index (κ2) is 4.71. The number of aliphatic hydroxyl groups excluding tert-OH is 1. The molecule has 0 unspecified atom stereocenters. The van der Waals surface area contributed by atoms with E-state index in [0.29, 0.717) is 6.54 Å². The molecule has 1 saturated heterocycles. The Balaban J connectivity index is 2.52. The van der Waals surface area contributed by atoms with Gasteiger partial charge in [-0.3, -0.25) is 0 Å². The van der Waals surface area contributed by atoms with E-state index in [9.17, 15) is 9.90 Å². The van der Waals surface area contributed by atoms with Crippen LogP contribution in [-0.2, 0) is 4.74 Å². The Morgan fingerprint density at radius 1 is 1.56 bits per heavy atom. The van der Waals surface area contributed by atoms with Crippen LogP contribution >= 0.6 is 0 Å². The van der Waals surface area contributed by atoms with Crippen LogP contribution in [0.4, 0.5) is 4.79 Å². The number of ether oxygens (including phenoxy) is 1. The summed E-state index contributed by atoms with van der Waals surface area (Å²) in [6.45, 7) is 6.03. The molecule has 1 aliphatic heterocycles. The van der Waals surface area contributed by atoms with E-state index in [4.69, 9.17) is 10.00 Å². The molecule has 90 valence electrons. The lowest BCUT2D eigenvalue weighted by atomic mass is 10.0. The SMILES string of the molecule is CC(C)(C)OC(=O)N1C[C@@H](CC#N)[C@H](O)C1. The number of nitrogens with zero attached hydrogens (tertiary/aromatic N) is 2. The predicted molar refractivity (Wildman–Crippen MR) is 57.5 cm³/mol. The summed E-state index contributed by atoms with van der Waals surface area (Å²) >= 11 is 0. The molecular weight excluding hydrogens is 208 g/mol. The zero-order valence-electron chi connectivity index (χ0n) is 9.93. The molecule has 0 bridgehead atoms. The van der Waals surface area contributed by atoms with Gasteiger partial charge < -0.3 is 14.7 Å². The van der Waals surface area contributed by atoms with Gasteiger partial charge in [-0.2, -0.15) is 5.26 Å². The quantitative estimate of drug-likeness (QED) is 0.727. The normalized spacial score (nSPS) is 25.3. The highest BCUT2D eigenvalue weighted by molar-refractivity contribution is 5.68. The fourth-order valence-corrected chi connectivity index (χ4v) is 1.65. The van der Waals surface area contributed by atoms with Crippen molar-refractivity contribution in [1.82, 2.24) is 4.90 Å². The Hall–Kier alpha value is -1.28. The van der Waals surface area contributed by atoms with Crippen LogP contribution in [0.1, 0.15) is 27.2 Å². The first-order chi connectivity index (χ1) is 7.33. The largest absolute Gasteiger partial charge is 0.444 e. The number of rotatable bonds is 1. The Labute approximate surface area is 95.6 Å². The first-order valence-corrected chi connectivity index (χ1v) is 5.36. The molecular formula is C11H18N2O3. The number of hydrogen-bond acceptors (Lipinski definition) is 4. The van der Waals surface area contributed by atoms with Gasteiger partial charge >= 0.3 is 6.09 Å². The molecule has 1 aliphatic rings. The number of hydrogen-bond donors (Lipinski definition) is 1. The third-order valence-electron chi connectivity index (χ3n) is 2.41. The van der Waals surface area contributed by atoms with Gasteiger partial charge in [0.15, 0.2) is 0 Å². The predicted octanol–water partition coefficient (Wildman–Crippen LogP) is 1.13. The van der Waals surface area contributed by atoms with Crippen LogP contribution in [0.3, 0.4) is 0 Å². The van der Waals surface area contributed by atoms with Gasteiger partial charge in [0.2, 0.25) is 0 Å². The first kappa shape index (κ1) is 12.8. The van der Waals surface area contributed by atoms with Gasteiger partial charge in [-0.25, -0.2) is 4.79 Å². The highest BCUT2D eigenvalue weighted by Crippen LogP contribution is 2.22. The van der Waals surface area contributed by atoms with Crippen LogP contribution in [0, 0.1) is 17.2 Å². The number of aliphatic hydroxyl groups is 1. The summed E-state index contributed by atoms with van der Waals surface area (Å²) < 4.78 is 5.19. The van der Waals surface area contributed by atoms with Crippen molar-refractivity contribution in [3.05, 3.63) is 0 Å². The minimum atomic E-state index is -0.618. The lowest BCUT2D eigenvalue weighted by molar-refractivity contribution is 0.0270. The fraction of sp³-hybridized carbons (Fsp3) is 0.818. The molecule has 0 aliphatic carbocycles. The van der Waals surface area contributed by atoms with Crippen molar-refractivity contribution in [2.75, 3.05) is 13.1 Å².